The van der Waals surface area contributed by atoms with Crippen LogP contribution in [-0.2, 0) is 6.18 Å². The van der Waals surface area contributed by atoms with E-state index in [0.717, 1.165) is 37.8 Å². The molecule has 0 spiro atoms. The minimum atomic E-state index is -4.65. The predicted octanol–water partition coefficient (Wildman–Crippen LogP) is 5.89. The van der Waals surface area contributed by atoms with Crippen molar-refractivity contribution < 1.29 is 27.5 Å². The molecule has 0 saturated carbocycles. The number of carbonyl (C=O) groups excluding carboxylic acids is 2. The number of benzene rings is 2. The molecule has 13 heteroatoms. The average Bonchev–Trinajstić information content (AvgIpc) is 3.66. The number of anilines is 1. The van der Waals surface area contributed by atoms with Gasteiger partial charge >= 0.3 is 6.18 Å². The summed E-state index contributed by atoms with van der Waals surface area (Å²) >= 11 is 0. The summed E-state index contributed by atoms with van der Waals surface area (Å²) in [6.45, 7) is 4.31. The van der Waals surface area contributed by atoms with Crippen LogP contribution in [0.5, 0.6) is 5.75 Å². The number of ether oxygens (including phenoxy) is 1. The van der Waals surface area contributed by atoms with Crippen molar-refractivity contribution in [1.29, 1.82) is 0 Å². The zero-order valence-electron chi connectivity index (χ0n) is 25.6. The van der Waals surface area contributed by atoms with E-state index in [-0.39, 0.29) is 28.5 Å². The van der Waals surface area contributed by atoms with Crippen LogP contribution in [-0.4, -0.2) is 49.1 Å². The molecule has 0 aliphatic carbocycles. The molecule has 6 rings (SSSR count). The van der Waals surface area contributed by atoms with Gasteiger partial charge in [0, 0.05) is 35.2 Å². The summed E-state index contributed by atoms with van der Waals surface area (Å²) in [6.07, 6.45) is 3.15. The van der Waals surface area contributed by atoms with E-state index in [9.17, 15) is 22.8 Å². The van der Waals surface area contributed by atoms with Crippen molar-refractivity contribution in [3.8, 4) is 23.3 Å². The Labute approximate surface area is 268 Å². The highest BCUT2D eigenvalue weighted by Crippen LogP contribution is 2.33. The Kier molecular flexibility index (Phi) is 8.67. The van der Waals surface area contributed by atoms with Crippen molar-refractivity contribution in [2.45, 2.75) is 45.7 Å². The zero-order valence-corrected chi connectivity index (χ0v) is 25.6. The van der Waals surface area contributed by atoms with E-state index >= 15 is 0 Å². The van der Waals surface area contributed by atoms with Crippen LogP contribution in [0.3, 0.4) is 0 Å². The first-order valence-electron chi connectivity index (χ1n) is 15.0. The summed E-state index contributed by atoms with van der Waals surface area (Å²) in [5.74, 6) is 5.58. The Morgan fingerprint density at radius 2 is 1.85 bits per heavy atom. The SMILES string of the molecule is Cc1cn(-c2cc(NC(=O)c3cc4cc(c3C)C#Cc3cnc5ccc(nn35)C(=O)NCCCCCCO4)cc(C(F)(F)F)c2)cn1. The topological polar surface area (TPSA) is 115 Å². The molecule has 47 heavy (non-hydrogen) atoms. The molecule has 0 saturated heterocycles. The molecule has 4 bridgehead atoms. The molecule has 2 aromatic carbocycles. The number of amides is 2. The summed E-state index contributed by atoms with van der Waals surface area (Å²) in [7, 11) is 0. The zero-order chi connectivity index (χ0) is 33.1. The van der Waals surface area contributed by atoms with Crippen LogP contribution < -0.4 is 15.4 Å². The van der Waals surface area contributed by atoms with E-state index in [4.69, 9.17) is 4.74 Å². The Morgan fingerprint density at radius 1 is 1.02 bits per heavy atom. The number of alkyl halides is 3. The van der Waals surface area contributed by atoms with Crippen LogP contribution in [0, 0.1) is 25.7 Å². The standard InChI is InChI=1S/C34H30F3N7O3/c1-21-19-43(20-40-21)27-15-24(34(35,36)37)14-25(16-27)41-32(45)29-17-28-13-23(22(29)2)7-8-26-18-39-31-10-9-30(42-44(26)31)33(46)38-11-5-3-4-6-12-47-28/h9-10,13-20H,3-6,11-12H2,1-2H3,(H,38,46)(H,41,45). The van der Waals surface area contributed by atoms with Crippen molar-refractivity contribution in [1.82, 2.24) is 29.5 Å². The monoisotopic (exact) mass is 641 g/mol. The van der Waals surface area contributed by atoms with E-state index in [1.807, 2.05) is 0 Å². The lowest BCUT2D eigenvalue weighted by Crippen LogP contribution is -2.26. The second-order valence-corrected chi connectivity index (χ2v) is 11.2. The fraction of sp³-hybridized carbons (Fsp3) is 0.265. The number of carbonyl (C=O) groups is 2. The number of aryl methyl sites for hydroxylation is 1. The van der Waals surface area contributed by atoms with Crippen molar-refractivity contribution in [3.63, 3.8) is 0 Å². The van der Waals surface area contributed by atoms with E-state index in [1.165, 1.54) is 27.7 Å². The van der Waals surface area contributed by atoms with Gasteiger partial charge in [0.25, 0.3) is 11.8 Å². The fourth-order valence-corrected chi connectivity index (χ4v) is 5.17. The first kappa shape index (κ1) is 31.3. The number of imidazole rings is 2. The second kappa shape index (κ2) is 13.0. The molecule has 1 aliphatic rings. The van der Waals surface area contributed by atoms with E-state index < -0.39 is 17.6 Å². The van der Waals surface area contributed by atoms with Gasteiger partial charge in [-0.2, -0.15) is 18.3 Å². The van der Waals surface area contributed by atoms with Gasteiger partial charge in [-0.05, 0) is 80.6 Å². The van der Waals surface area contributed by atoms with Gasteiger partial charge in [-0.25, -0.2) is 14.5 Å². The Balaban J connectivity index is 1.38. The molecule has 0 unspecified atom stereocenters. The number of aromatic nitrogens is 5. The Bertz CT molecular complexity index is 2050. The second-order valence-electron chi connectivity index (χ2n) is 11.2. The third-order valence-electron chi connectivity index (χ3n) is 7.68. The molecule has 3 aromatic heterocycles. The molecule has 1 aliphatic heterocycles. The fourth-order valence-electron chi connectivity index (χ4n) is 5.17. The normalized spacial score (nSPS) is 14.0. The molecule has 0 radical (unpaired) electrons. The number of fused-ring (bicyclic) bond motifs is 3. The van der Waals surface area contributed by atoms with Crippen LogP contribution in [0.4, 0.5) is 18.9 Å². The van der Waals surface area contributed by atoms with Gasteiger partial charge in [-0.3, -0.25) is 9.59 Å². The maximum Gasteiger partial charge on any atom is 0.416 e. The predicted molar refractivity (Wildman–Crippen MR) is 168 cm³/mol. The van der Waals surface area contributed by atoms with E-state index in [0.29, 0.717) is 47.1 Å². The number of hydrogen-bond donors (Lipinski definition) is 2. The highest BCUT2D eigenvalue weighted by molar-refractivity contribution is 6.06. The van der Waals surface area contributed by atoms with Gasteiger partial charge < -0.3 is 19.9 Å². The molecular weight excluding hydrogens is 611 g/mol. The molecule has 5 aromatic rings. The summed E-state index contributed by atoms with van der Waals surface area (Å²) in [5, 5.41) is 9.96. The molecular formula is C34H30F3N7O3. The lowest BCUT2D eigenvalue weighted by molar-refractivity contribution is -0.137. The van der Waals surface area contributed by atoms with Gasteiger partial charge in [0.05, 0.1) is 30.4 Å². The number of halogens is 3. The Morgan fingerprint density at radius 3 is 2.64 bits per heavy atom. The first-order valence-corrected chi connectivity index (χ1v) is 15.0. The maximum absolute atomic E-state index is 13.9. The highest BCUT2D eigenvalue weighted by atomic mass is 19.4. The molecule has 240 valence electrons. The van der Waals surface area contributed by atoms with Crippen molar-refractivity contribution in [2.24, 2.45) is 0 Å². The van der Waals surface area contributed by atoms with E-state index in [1.54, 1.807) is 44.3 Å². The molecule has 0 atom stereocenters. The number of nitrogens with one attached hydrogen (secondary N) is 2. The third-order valence-corrected chi connectivity index (χ3v) is 7.68. The summed E-state index contributed by atoms with van der Waals surface area (Å²) in [5.41, 5.74) is 2.16. The summed E-state index contributed by atoms with van der Waals surface area (Å²) < 4.78 is 50.5. The van der Waals surface area contributed by atoms with E-state index in [2.05, 4.69) is 37.5 Å². The minimum Gasteiger partial charge on any atom is -0.494 e. The van der Waals surface area contributed by atoms with Crippen molar-refractivity contribution in [2.75, 3.05) is 18.5 Å². The van der Waals surface area contributed by atoms with Crippen LogP contribution in [0.15, 0.2) is 61.2 Å². The smallest absolute Gasteiger partial charge is 0.416 e. The highest BCUT2D eigenvalue weighted by Gasteiger charge is 2.32. The molecule has 2 amide bonds. The van der Waals surface area contributed by atoms with Gasteiger partial charge in [0.15, 0.2) is 5.65 Å². The van der Waals surface area contributed by atoms with Gasteiger partial charge in [0.2, 0.25) is 0 Å². The minimum absolute atomic E-state index is 0.0392. The third kappa shape index (κ3) is 7.12. The lowest BCUT2D eigenvalue weighted by atomic mass is 10.0. The molecule has 0 fully saturated rings. The lowest BCUT2D eigenvalue weighted by Gasteiger charge is -2.16. The molecule has 4 heterocycles. The molecule has 10 nitrogen and oxygen atoms in total. The number of rotatable bonds is 3. The number of nitrogens with zero attached hydrogens (tertiary/aromatic N) is 5. The summed E-state index contributed by atoms with van der Waals surface area (Å²) in [6, 6.07) is 9.92. The van der Waals surface area contributed by atoms with Gasteiger partial charge in [0.1, 0.15) is 17.1 Å². The van der Waals surface area contributed by atoms with Crippen molar-refractivity contribution >= 4 is 23.1 Å². The quantitative estimate of drug-likeness (QED) is 0.238. The van der Waals surface area contributed by atoms with Crippen LogP contribution >= 0.6 is 0 Å². The first-order chi connectivity index (χ1) is 22.5. The van der Waals surface area contributed by atoms with Gasteiger partial charge in [-0.15, -0.1) is 0 Å². The largest absolute Gasteiger partial charge is 0.494 e. The van der Waals surface area contributed by atoms with Crippen LogP contribution in [0.25, 0.3) is 11.3 Å². The van der Waals surface area contributed by atoms with Gasteiger partial charge in [-0.1, -0.05) is 18.8 Å². The number of hydrogen-bond acceptors (Lipinski definition) is 6. The van der Waals surface area contributed by atoms with Crippen LogP contribution in [0.2, 0.25) is 0 Å². The summed E-state index contributed by atoms with van der Waals surface area (Å²) in [4.78, 5) is 34.8. The molecule has 2 N–H and O–H groups in total. The Hall–Kier alpha value is -5.64. The van der Waals surface area contributed by atoms with Crippen LogP contribution in [0.1, 0.15) is 74.6 Å². The average molecular weight is 642 g/mol. The maximum atomic E-state index is 13.9. The van der Waals surface area contributed by atoms with Crippen molar-refractivity contribution in [3.05, 3.63) is 101 Å².